The van der Waals surface area contributed by atoms with E-state index in [9.17, 15) is 0 Å². The minimum absolute atomic E-state index is 0.290. The number of rotatable bonds is 4. The number of aromatic nitrogens is 1. The van der Waals surface area contributed by atoms with Crippen LogP contribution in [-0.4, -0.2) is 53.6 Å². The van der Waals surface area contributed by atoms with Crippen LogP contribution in [0.15, 0.2) is 30.5 Å². The normalized spacial score (nSPS) is 23.0. The van der Waals surface area contributed by atoms with Crippen LogP contribution in [0.1, 0.15) is 33.6 Å². The Balaban J connectivity index is 1.33. The highest BCUT2D eigenvalue weighted by Crippen LogP contribution is 2.35. The van der Waals surface area contributed by atoms with Gasteiger partial charge in [-0.15, -0.1) is 0 Å². The Morgan fingerprint density at radius 3 is 2.71 bits per heavy atom. The summed E-state index contributed by atoms with van der Waals surface area (Å²) >= 11 is 6.09. The molecule has 2 fully saturated rings. The zero-order chi connectivity index (χ0) is 19.8. The Labute approximate surface area is 171 Å². The number of nitrogens with zero attached hydrogens (tertiary/aromatic N) is 2. The van der Waals surface area contributed by atoms with Crippen molar-refractivity contribution in [2.75, 3.05) is 31.6 Å². The second-order valence-corrected chi connectivity index (χ2v) is 8.93. The van der Waals surface area contributed by atoms with Gasteiger partial charge in [-0.1, -0.05) is 11.6 Å². The monoisotopic (exact) mass is 405 g/mol. The van der Waals surface area contributed by atoms with E-state index in [-0.39, 0.29) is 5.60 Å². The fourth-order valence-corrected chi connectivity index (χ4v) is 3.96. The second kappa shape index (κ2) is 7.76. The van der Waals surface area contributed by atoms with Crippen LogP contribution in [0.25, 0.3) is 10.9 Å². The quantitative estimate of drug-likeness (QED) is 0.768. The summed E-state index contributed by atoms with van der Waals surface area (Å²) in [5, 5.41) is 5.41. The lowest BCUT2D eigenvalue weighted by Gasteiger charge is -2.46. The number of hydrogen-bond donors (Lipinski definition) is 1. The van der Waals surface area contributed by atoms with E-state index < -0.39 is 5.79 Å². The third-order valence-corrected chi connectivity index (χ3v) is 5.59. The predicted molar refractivity (Wildman–Crippen MR) is 110 cm³/mol. The van der Waals surface area contributed by atoms with Crippen molar-refractivity contribution in [1.82, 2.24) is 9.88 Å². The maximum Gasteiger partial charge on any atom is 0.204 e. The largest absolute Gasteiger partial charge is 0.381 e. The second-order valence-electron chi connectivity index (χ2n) is 8.49. The number of hydrogen-bond acceptors (Lipinski definition) is 6. The molecule has 2 aromatic rings. The zero-order valence-electron chi connectivity index (χ0n) is 16.7. The van der Waals surface area contributed by atoms with Gasteiger partial charge >= 0.3 is 0 Å². The number of anilines is 1. The first kappa shape index (κ1) is 19.9. The number of pyridine rings is 1. The lowest BCUT2D eigenvalue weighted by Crippen LogP contribution is -2.55. The van der Waals surface area contributed by atoms with Crippen LogP contribution in [0.3, 0.4) is 0 Å². The first-order valence-corrected chi connectivity index (χ1v) is 10.3. The van der Waals surface area contributed by atoms with Gasteiger partial charge < -0.3 is 15.0 Å². The number of nitrogens with one attached hydrogen (secondary N) is 1. The topological polar surface area (TPSA) is 55.9 Å². The average molecular weight is 406 g/mol. The van der Waals surface area contributed by atoms with Crippen LogP contribution >= 0.6 is 11.6 Å². The molecule has 152 valence electrons. The third-order valence-electron chi connectivity index (χ3n) is 5.36. The molecule has 7 heteroatoms. The smallest absolute Gasteiger partial charge is 0.204 e. The molecule has 1 spiro atoms. The highest BCUT2D eigenvalue weighted by Gasteiger charge is 2.44. The Hall–Kier alpha value is -1.44. The molecule has 2 saturated heterocycles. The number of fused-ring (bicyclic) bond motifs is 1. The molecule has 2 aliphatic rings. The van der Waals surface area contributed by atoms with Crippen molar-refractivity contribution in [3.63, 3.8) is 0 Å². The molecule has 1 aromatic heterocycles. The Morgan fingerprint density at radius 2 is 2.00 bits per heavy atom. The van der Waals surface area contributed by atoms with E-state index in [4.69, 9.17) is 26.1 Å². The fraction of sp³-hybridized carbons (Fsp3) is 0.571. The molecule has 2 aliphatic heterocycles. The molecular weight excluding hydrogens is 378 g/mol. The van der Waals surface area contributed by atoms with Crippen LogP contribution in [0.4, 0.5) is 5.69 Å². The molecule has 1 atom stereocenters. The first-order valence-electron chi connectivity index (χ1n) is 9.88. The fourth-order valence-electron chi connectivity index (χ4n) is 3.79. The Kier molecular flexibility index (Phi) is 5.51. The number of piperidine rings is 1. The number of benzene rings is 1. The molecule has 0 amide bonds. The van der Waals surface area contributed by atoms with Gasteiger partial charge in [0.2, 0.25) is 5.79 Å². The lowest BCUT2D eigenvalue weighted by atomic mass is 10.0. The third kappa shape index (κ3) is 4.42. The van der Waals surface area contributed by atoms with Crippen LogP contribution < -0.4 is 5.32 Å². The van der Waals surface area contributed by atoms with E-state index in [1.807, 2.05) is 44.3 Å². The summed E-state index contributed by atoms with van der Waals surface area (Å²) < 4.78 is 6.02. The van der Waals surface area contributed by atoms with Gasteiger partial charge in [-0.25, -0.2) is 9.78 Å². The molecule has 1 N–H and O–H groups in total. The van der Waals surface area contributed by atoms with E-state index in [2.05, 4.69) is 22.1 Å². The van der Waals surface area contributed by atoms with E-state index in [0.717, 1.165) is 49.1 Å². The molecule has 0 bridgehead atoms. The molecule has 0 saturated carbocycles. The lowest BCUT2D eigenvalue weighted by molar-refractivity contribution is -0.511. The van der Waals surface area contributed by atoms with Gasteiger partial charge in [0, 0.05) is 60.8 Å². The summed E-state index contributed by atoms with van der Waals surface area (Å²) in [5.41, 5.74) is 1.61. The predicted octanol–water partition coefficient (Wildman–Crippen LogP) is 4.24. The SMILES string of the molecule is CC(CN1CCC2(CC1)OCC(C)(C)OO2)Nc1ccnc2cc(Cl)ccc12. The highest BCUT2D eigenvalue weighted by atomic mass is 35.5. The van der Waals surface area contributed by atoms with Crippen molar-refractivity contribution >= 4 is 28.2 Å². The first-order chi connectivity index (χ1) is 13.3. The van der Waals surface area contributed by atoms with Crippen LogP contribution in [0.5, 0.6) is 0 Å². The molecule has 3 heterocycles. The summed E-state index contributed by atoms with van der Waals surface area (Å²) in [6, 6.07) is 8.12. The average Bonchev–Trinajstić information content (AvgIpc) is 2.66. The maximum atomic E-state index is 6.09. The standard InChI is InChI=1S/C21H28ClN3O3/c1-15(24-18-6-9-23-19-12-16(22)4-5-17(18)19)13-25-10-7-21(8-11-25)26-14-20(2,3)27-28-21/h4-6,9,12,15H,7-8,10-11,13-14H2,1-3H3,(H,23,24). The van der Waals surface area contributed by atoms with E-state index in [0.29, 0.717) is 17.7 Å². The van der Waals surface area contributed by atoms with E-state index >= 15 is 0 Å². The minimum atomic E-state index is -0.580. The van der Waals surface area contributed by atoms with Gasteiger partial charge in [0.05, 0.1) is 12.1 Å². The van der Waals surface area contributed by atoms with Gasteiger partial charge in [-0.2, -0.15) is 0 Å². The minimum Gasteiger partial charge on any atom is -0.381 e. The van der Waals surface area contributed by atoms with Crippen molar-refractivity contribution in [2.24, 2.45) is 0 Å². The zero-order valence-corrected chi connectivity index (χ0v) is 17.5. The van der Waals surface area contributed by atoms with E-state index in [1.165, 1.54) is 0 Å². The summed E-state index contributed by atoms with van der Waals surface area (Å²) in [6.07, 6.45) is 3.44. The molecule has 1 aromatic carbocycles. The van der Waals surface area contributed by atoms with Gasteiger partial charge in [-0.05, 0) is 45.0 Å². The molecule has 1 unspecified atom stereocenters. The van der Waals surface area contributed by atoms with Gasteiger partial charge in [0.1, 0.15) is 5.60 Å². The summed E-state index contributed by atoms with van der Waals surface area (Å²) in [4.78, 5) is 18.0. The molecule has 6 nitrogen and oxygen atoms in total. The van der Waals surface area contributed by atoms with Gasteiger partial charge in [0.15, 0.2) is 0 Å². The maximum absolute atomic E-state index is 6.09. The van der Waals surface area contributed by atoms with Crippen molar-refractivity contribution in [2.45, 2.75) is 51.0 Å². The molecule has 28 heavy (non-hydrogen) atoms. The Morgan fingerprint density at radius 1 is 1.21 bits per heavy atom. The molecule has 0 aliphatic carbocycles. The van der Waals surface area contributed by atoms with Gasteiger partial charge in [-0.3, -0.25) is 4.98 Å². The molecule has 0 radical (unpaired) electrons. The van der Waals surface area contributed by atoms with Crippen LogP contribution in [-0.2, 0) is 14.5 Å². The summed E-state index contributed by atoms with van der Waals surface area (Å²) in [7, 11) is 0. The summed E-state index contributed by atoms with van der Waals surface area (Å²) in [5.74, 6) is -0.580. The number of ether oxygens (including phenoxy) is 1. The highest BCUT2D eigenvalue weighted by molar-refractivity contribution is 6.31. The summed E-state index contributed by atoms with van der Waals surface area (Å²) in [6.45, 7) is 9.49. The number of halogens is 1. The Bertz CT molecular complexity index is 825. The number of likely N-dealkylation sites (tertiary alicyclic amines) is 1. The van der Waals surface area contributed by atoms with Crippen LogP contribution in [0.2, 0.25) is 5.02 Å². The van der Waals surface area contributed by atoms with E-state index in [1.54, 1.807) is 0 Å². The van der Waals surface area contributed by atoms with Crippen molar-refractivity contribution in [3.05, 3.63) is 35.5 Å². The van der Waals surface area contributed by atoms with Crippen molar-refractivity contribution < 1.29 is 14.5 Å². The van der Waals surface area contributed by atoms with Crippen molar-refractivity contribution in [1.29, 1.82) is 0 Å². The van der Waals surface area contributed by atoms with Crippen molar-refractivity contribution in [3.8, 4) is 0 Å². The molecular formula is C21H28ClN3O3. The molecule has 4 rings (SSSR count). The van der Waals surface area contributed by atoms with Gasteiger partial charge in [0.25, 0.3) is 0 Å². The van der Waals surface area contributed by atoms with Crippen LogP contribution in [0, 0.1) is 0 Å².